The van der Waals surface area contributed by atoms with Crippen molar-refractivity contribution in [1.82, 2.24) is 0 Å². The number of alkyl halides is 1. The molecule has 0 aliphatic heterocycles. The number of carbonyl (C=O) groups excluding carboxylic acids is 2. The predicted octanol–water partition coefficient (Wildman–Crippen LogP) is 3.35. The summed E-state index contributed by atoms with van der Waals surface area (Å²) in [6, 6.07) is 4.46. The van der Waals surface area contributed by atoms with Crippen LogP contribution in [0.2, 0.25) is 0 Å². The van der Waals surface area contributed by atoms with Crippen molar-refractivity contribution >= 4 is 36.2 Å². The number of hydrogen-bond acceptors (Lipinski definition) is 4. The summed E-state index contributed by atoms with van der Waals surface area (Å²) in [5, 5.41) is 14.1. The molecule has 0 radical (unpaired) electrons. The molecular formula is C21H25ClN2O3. The molecule has 1 aromatic carbocycles. The van der Waals surface area contributed by atoms with Crippen LogP contribution in [0.15, 0.2) is 35.8 Å². The van der Waals surface area contributed by atoms with Gasteiger partial charge in [-0.2, -0.15) is 0 Å². The van der Waals surface area contributed by atoms with Gasteiger partial charge in [-0.05, 0) is 30.2 Å². The topological polar surface area (TPSA) is 78.8 Å². The number of amides is 1. The maximum Gasteiger partial charge on any atom is 0.211 e. The van der Waals surface area contributed by atoms with Gasteiger partial charge >= 0.3 is 0 Å². The number of nitrogens with one attached hydrogen (secondary N) is 1. The standard InChI is InChI=1S/C21H25ClN2O3/c1-6-20(4)15(22)10-14-19(2,3)12-8-7-9-13(24-11-25)16(12)17(26)21(14,27)18(20)23-5/h6-9,11,14-15,18,27H,1,5,10H2,2-4H3,(H,24,25)/t14-,15-,18+,20+,21-/m1/s1. The van der Waals surface area contributed by atoms with Gasteiger partial charge in [0.15, 0.2) is 11.4 Å². The van der Waals surface area contributed by atoms with Crippen molar-refractivity contribution in [1.29, 1.82) is 0 Å². The zero-order valence-corrected chi connectivity index (χ0v) is 16.6. The molecule has 0 spiro atoms. The molecule has 1 saturated carbocycles. The number of fused-ring (bicyclic) bond motifs is 2. The van der Waals surface area contributed by atoms with Crippen LogP contribution < -0.4 is 5.32 Å². The number of rotatable bonds is 4. The van der Waals surface area contributed by atoms with Crippen LogP contribution in [-0.2, 0) is 10.2 Å². The second-order valence-electron chi connectivity index (χ2n) is 8.28. The molecule has 5 nitrogen and oxygen atoms in total. The van der Waals surface area contributed by atoms with Gasteiger partial charge in [-0.3, -0.25) is 14.6 Å². The summed E-state index contributed by atoms with van der Waals surface area (Å²) < 4.78 is 0. The number of carbonyl (C=O) groups is 2. The van der Waals surface area contributed by atoms with Gasteiger partial charge in [0.2, 0.25) is 6.41 Å². The third-order valence-corrected chi connectivity index (χ3v) is 7.36. The van der Waals surface area contributed by atoms with Crippen LogP contribution in [0, 0.1) is 11.3 Å². The van der Waals surface area contributed by atoms with E-state index in [-0.39, 0.29) is 5.38 Å². The quantitative estimate of drug-likeness (QED) is 0.359. The molecule has 0 unspecified atom stereocenters. The lowest BCUT2D eigenvalue weighted by Gasteiger charge is -2.59. The molecule has 5 atom stereocenters. The fourth-order valence-electron chi connectivity index (χ4n) is 5.08. The molecule has 27 heavy (non-hydrogen) atoms. The fraction of sp³-hybridized carbons (Fsp3) is 0.476. The third kappa shape index (κ3) is 2.38. The number of anilines is 1. The average molecular weight is 389 g/mol. The van der Waals surface area contributed by atoms with Crippen molar-refractivity contribution in [2.45, 2.75) is 49.6 Å². The van der Waals surface area contributed by atoms with Gasteiger partial charge in [0, 0.05) is 22.3 Å². The van der Waals surface area contributed by atoms with E-state index < -0.39 is 34.2 Å². The van der Waals surface area contributed by atoms with Gasteiger partial charge in [0.05, 0.1) is 11.7 Å². The zero-order chi connectivity index (χ0) is 20.2. The summed E-state index contributed by atoms with van der Waals surface area (Å²) in [7, 11) is 0. The molecule has 0 bridgehead atoms. The summed E-state index contributed by atoms with van der Waals surface area (Å²) in [4.78, 5) is 28.9. The van der Waals surface area contributed by atoms with Crippen LogP contribution in [-0.4, -0.2) is 41.0 Å². The number of nitrogens with zero attached hydrogens (tertiary/aromatic N) is 1. The third-order valence-electron chi connectivity index (χ3n) is 6.71. The highest BCUT2D eigenvalue weighted by molar-refractivity contribution is 6.22. The number of aliphatic hydroxyl groups is 1. The summed E-state index contributed by atoms with van der Waals surface area (Å²) in [5.74, 6) is -0.914. The maximum atomic E-state index is 13.7. The molecule has 2 aliphatic carbocycles. The molecule has 3 rings (SSSR count). The first-order valence-electron chi connectivity index (χ1n) is 8.95. The number of benzene rings is 1. The number of ketones is 1. The van der Waals surface area contributed by atoms with Crippen LogP contribution in [0.4, 0.5) is 5.69 Å². The second-order valence-corrected chi connectivity index (χ2v) is 8.80. The minimum absolute atomic E-state index is 0.321. The lowest BCUT2D eigenvalue weighted by atomic mass is 9.48. The maximum absolute atomic E-state index is 13.7. The Morgan fingerprint density at radius 3 is 2.59 bits per heavy atom. The van der Waals surface area contributed by atoms with Gasteiger partial charge in [0.25, 0.3) is 0 Å². The Hall–Kier alpha value is -1.98. The zero-order valence-electron chi connectivity index (χ0n) is 15.8. The van der Waals surface area contributed by atoms with Gasteiger partial charge < -0.3 is 10.4 Å². The monoisotopic (exact) mass is 388 g/mol. The fourth-order valence-corrected chi connectivity index (χ4v) is 5.47. The van der Waals surface area contributed by atoms with Crippen molar-refractivity contribution in [3.05, 3.63) is 42.0 Å². The Kier molecular flexibility index (Phi) is 4.60. The van der Waals surface area contributed by atoms with Crippen molar-refractivity contribution in [3.63, 3.8) is 0 Å². The molecule has 1 aromatic rings. The smallest absolute Gasteiger partial charge is 0.211 e. The molecule has 144 valence electrons. The lowest BCUT2D eigenvalue weighted by molar-refractivity contribution is -0.105. The van der Waals surface area contributed by atoms with Crippen LogP contribution in [0.25, 0.3) is 0 Å². The SMILES string of the molecule is C=C[C@@]1(C)[C@H](Cl)C[C@@H]2C(C)(C)c3cccc(NC=O)c3C(=O)[C@@]2(O)[C@H]1N=C. The molecule has 0 saturated heterocycles. The van der Waals surface area contributed by atoms with E-state index in [1.54, 1.807) is 18.2 Å². The minimum atomic E-state index is -1.80. The Morgan fingerprint density at radius 1 is 1.37 bits per heavy atom. The Bertz CT molecular complexity index is 837. The van der Waals surface area contributed by atoms with Crippen molar-refractivity contribution < 1.29 is 14.7 Å². The summed E-state index contributed by atoms with van der Waals surface area (Å²) in [5.41, 5.74) is -1.69. The van der Waals surface area contributed by atoms with E-state index in [1.807, 2.05) is 26.8 Å². The molecule has 1 fully saturated rings. The molecular weight excluding hydrogens is 364 g/mol. The van der Waals surface area contributed by atoms with Crippen molar-refractivity contribution in [2.75, 3.05) is 5.32 Å². The van der Waals surface area contributed by atoms with E-state index in [2.05, 4.69) is 23.6 Å². The van der Waals surface area contributed by atoms with Crippen molar-refractivity contribution in [3.8, 4) is 0 Å². The van der Waals surface area contributed by atoms with Gasteiger partial charge in [-0.25, -0.2) is 0 Å². The number of aliphatic imine (C=N–C) groups is 1. The van der Waals surface area contributed by atoms with E-state index in [0.717, 1.165) is 5.56 Å². The molecule has 0 aromatic heterocycles. The summed E-state index contributed by atoms with van der Waals surface area (Å²) in [6.07, 6.45) is 2.61. The van der Waals surface area contributed by atoms with Crippen LogP contribution in [0.5, 0.6) is 0 Å². The van der Waals surface area contributed by atoms with Gasteiger partial charge in [-0.15, -0.1) is 18.2 Å². The number of halogens is 1. The first-order chi connectivity index (χ1) is 12.6. The second kappa shape index (κ2) is 6.28. The molecule has 1 amide bonds. The van der Waals surface area contributed by atoms with E-state index in [1.165, 1.54) is 0 Å². The van der Waals surface area contributed by atoms with Crippen LogP contribution in [0.3, 0.4) is 0 Å². The molecule has 6 heteroatoms. The van der Waals surface area contributed by atoms with E-state index >= 15 is 0 Å². The highest BCUT2D eigenvalue weighted by Crippen LogP contribution is 2.59. The highest BCUT2D eigenvalue weighted by Gasteiger charge is 2.67. The van der Waals surface area contributed by atoms with Crippen LogP contribution in [0.1, 0.15) is 43.1 Å². The van der Waals surface area contributed by atoms with E-state index in [4.69, 9.17) is 11.6 Å². The average Bonchev–Trinajstić information content (AvgIpc) is 2.63. The Labute approximate surface area is 164 Å². The van der Waals surface area contributed by atoms with Crippen LogP contribution >= 0.6 is 11.6 Å². The number of Topliss-reactive ketones (excluding diaryl/α,β-unsaturated/α-hetero) is 1. The van der Waals surface area contributed by atoms with E-state index in [0.29, 0.717) is 24.1 Å². The highest BCUT2D eigenvalue weighted by atomic mass is 35.5. The number of hydrogen-bond donors (Lipinski definition) is 2. The van der Waals surface area contributed by atoms with Gasteiger partial charge in [0.1, 0.15) is 0 Å². The first-order valence-corrected chi connectivity index (χ1v) is 9.38. The predicted molar refractivity (Wildman–Crippen MR) is 108 cm³/mol. The molecule has 2 N–H and O–H groups in total. The molecule has 0 heterocycles. The Balaban J connectivity index is 2.34. The molecule has 2 aliphatic rings. The van der Waals surface area contributed by atoms with Gasteiger partial charge in [-0.1, -0.05) is 39.0 Å². The Morgan fingerprint density at radius 2 is 2.04 bits per heavy atom. The lowest BCUT2D eigenvalue weighted by Crippen LogP contribution is -2.70. The van der Waals surface area contributed by atoms with E-state index in [9.17, 15) is 14.7 Å². The summed E-state index contributed by atoms with van der Waals surface area (Å²) in [6.45, 7) is 13.3. The minimum Gasteiger partial charge on any atom is -0.379 e. The normalized spacial score (nSPS) is 36.9. The van der Waals surface area contributed by atoms with Crippen molar-refractivity contribution in [2.24, 2.45) is 16.3 Å². The summed E-state index contributed by atoms with van der Waals surface area (Å²) >= 11 is 6.72. The largest absolute Gasteiger partial charge is 0.379 e. The first kappa shape index (κ1) is 19.8.